The van der Waals surface area contributed by atoms with Crippen LogP contribution in [0.5, 0.6) is 0 Å². The molecule has 0 rings (SSSR count). The van der Waals surface area contributed by atoms with Gasteiger partial charge in [0.25, 0.3) is 0 Å². The number of hydrogen-bond donors (Lipinski definition) is 2. The Bertz CT molecular complexity index is 118. The lowest BCUT2D eigenvalue weighted by Gasteiger charge is -2.06. The van der Waals surface area contributed by atoms with Crippen LogP contribution >= 0.6 is 0 Å². The first-order chi connectivity index (χ1) is 5.13. The van der Waals surface area contributed by atoms with E-state index in [4.69, 9.17) is 9.29 Å². The predicted octanol–water partition coefficient (Wildman–Crippen LogP) is 0.180. The van der Waals surface area contributed by atoms with Crippen LogP contribution < -0.4 is 5.32 Å². The molecule has 1 unspecified atom stereocenters. The van der Waals surface area contributed by atoms with Gasteiger partial charge in [0, 0.05) is 12.6 Å². The fourth-order valence-corrected chi connectivity index (χ4v) is 0.810. The van der Waals surface area contributed by atoms with Crippen LogP contribution in [0.1, 0.15) is 13.8 Å². The molecule has 11 heavy (non-hydrogen) atoms. The van der Waals surface area contributed by atoms with E-state index in [0.717, 1.165) is 6.54 Å². The monoisotopic (exact) mass is 181 g/mol. The number of nitrogens with one attached hydrogen (secondary N) is 1. The molecule has 68 valence electrons. The second kappa shape index (κ2) is 6.72. The molecule has 0 aromatic carbocycles. The van der Waals surface area contributed by atoms with Gasteiger partial charge in [-0.25, -0.2) is 4.21 Å². The van der Waals surface area contributed by atoms with E-state index in [2.05, 4.69) is 5.32 Å². The van der Waals surface area contributed by atoms with Gasteiger partial charge in [-0.05, 0) is 0 Å². The Hall–Kier alpha value is 0.0300. The fourth-order valence-electron chi connectivity index (χ4n) is 0.550. The fraction of sp³-hybridized carbons (Fsp3) is 1.00. The van der Waals surface area contributed by atoms with Gasteiger partial charge in [0.15, 0.2) is 11.1 Å². The first-order valence-electron chi connectivity index (χ1n) is 3.51. The van der Waals surface area contributed by atoms with E-state index in [0.29, 0.717) is 12.6 Å². The van der Waals surface area contributed by atoms with Crippen LogP contribution in [0.3, 0.4) is 0 Å². The summed E-state index contributed by atoms with van der Waals surface area (Å²) in [6.07, 6.45) is 0. The Morgan fingerprint density at radius 2 is 2.27 bits per heavy atom. The molecule has 0 spiro atoms. The van der Waals surface area contributed by atoms with Gasteiger partial charge >= 0.3 is 0 Å². The molecule has 1 atom stereocenters. The lowest BCUT2D eigenvalue weighted by molar-refractivity contribution is 0.175. The van der Waals surface area contributed by atoms with Crippen LogP contribution in [0.15, 0.2) is 0 Å². The zero-order valence-electron chi connectivity index (χ0n) is 6.87. The van der Waals surface area contributed by atoms with E-state index in [1.807, 2.05) is 13.8 Å². The molecule has 0 fully saturated rings. The van der Waals surface area contributed by atoms with Crippen molar-refractivity contribution in [2.24, 2.45) is 0 Å². The van der Waals surface area contributed by atoms with Gasteiger partial charge in [-0.1, -0.05) is 13.8 Å². The van der Waals surface area contributed by atoms with Gasteiger partial charge in [-0.2, -0.15) is 0 Å². The van der Waals surface area contributed by atoms with E-state index in [1.165, 1.54) is 0 Å². The maximum Gasteiger partial charge on any atom is 0.179 e. The molecule has 0 aliphatic heterocycles. The first kappa shape index (κ1) is 11.0. The highest BCUT2D eigenvalue weighted by Gasteiger charge is 1.93. The topological polar surface area (TPSA) is 58.6 Å². The second-order valence-corrected chi connectivity index (χ2v) is 3.34. The molecule has 0 bridgehead atoms. The molecule has 5 heteroatoms. The number of ether oxygens (including phenoxy) is 1. The SMILES string of the molecule is CC(C)NCCOCS(=O)O. The van der Waals surface area contributed by atoms with Crippen molar-refractivity contribution in [1.29, 1.82) is 0 Å². The molecular formula is C6H15NO3S. The molecule has 0 saturated heterocycles. The zero-order valence-corrected chi connectivity index (χ0v) is 7.69. The minimum Gasteiger partial charge on any atom is -0.364 e. The molecule has 0 aromatic rings. The van der Waals surface area contributed by atoms with Gasteiger partial charge in [-0.15, -0.1) is 0 Å². The highest BCUT2D eigenvalue weighted by atomic mass is 32.2. The van der Waals surface area contributed by atoms with Gasteiger partial charge < -0.3 is 14.6 Å². The lowest BCUT2D eigenvalue weighted by atomic mass is 10.4. The number of rotatable bonds is 6. The third-order valence-corrected chi connectivity index (χ3v) is 1.35. The first-order valence-corrected chi connectivity index (χ1v) is 4.79. The highest BCUT2D eigenvalue weighted by molar-refractivity contribution is 7.79. The largest absolute Gasteiger partial charge is 0.364 e. The van der Waals surface area contributed by atoms with Crippen molar-refractivity contribution in [1.82, 2.24) is 5.32 Å². The Kier molecular flexibility index (Phi) is 6.74. The maximum atomic E-state index is 10.1. The summed E-state index contributed by atoms with van der Waals surface area (Å²) in [5.41, 5.74) is 0. The summed E-state index contributed by atoms with van der Waals surface area (Å²) in [7, 11) is 0. The minimum atomic E-state index is -1.83. The average molecular weight is 181 g/mol. The summed E-state index contributed by atoms with van der Waals surface area (Å²) in [5.74, 6) is -0.0974. The summed E-state index contributed by atoms with van der Waals surface area (Å²) in [4.78, 5) is 0. The molecule has 0 saturated carbocycles. The third-order valence-electron chi connectivity index (χ3n) is 0.983. The second-order valence-electron chi connectivity index (χ2n) is 2.46. The van der Waals surface area contributed by atoms with Crippen molar-refractivity contribution < 1.29 is 13.5 Å². The quantitative estimate of drug-likeness (QED) is 0.453. The van der Waals surface area contributed by atoms with Crippen LogP contribution in [0, 0.1) is 0 Å². The van der Waals surface area contributed by atoms with Crippen LogP contribution in [0.4, 0.5) is 0 Å². The van der Waals surface area contributed by atoms with Crippen LogP contribution in [-0.4, -0.2) is 33.9 Å². The molecule has 0 amide bonds. The van der Waals surface area contributed by atoms with Crippen molar-refractivity contribution in [3.63, 3.8) is 0 Å². The van der Waals surface area contributed by atoms with E-state index in [9.17, 15) is 4.21 Å². The van der Waals surface area contributed by atoms with Gasteiger partial charge in [-0.3, -0.25) is 0 Å². The van der Waals surface area contributed by atoms with Gasteiger partial charge in [0.1, 0.15) is 5.94 Å². The van der Waals surface area contributed by atoms with Crippen LogP contribution in [0.25, 0.3) is 0 Å². The summed E-state index contributed by atoms with van der Waals surface area (Å²) in [6.45, 7) is 5.26. The predicted molar refractivity (Wildman–Crippen MR) is 44.7 cm³/mol. The zero-order chi connectivity index (χ0) is 8.69. The van der Waals surface area contributed by atoms with Crippen molar-refractivity contribution in [3.05, 3.63) is 0 Å². The van der Waals surface area contributed by atoms with E-state index >= 15 is 0 Å². The summed E-state index contributed by atoms with van der Waals surface area (Å²) < 4.78 is 23.2. The molecule has 0 aromatic heterocycles. The summed E-state index contributed by atoms with van der Waals surface area (Å²) in [6, 6.07) is 0.429. The molecular weight excluding hydrogens is 166 g/mol. The van der Waals surface area contributed by atoms with E-state index in [1.54, 1.807) is 0 Å². The third kappa shape index (κ3) is 10.0. The van der Waals surface area contributed by atoms with Crippen molar-refractivity contribution in [3.8, 4) is 0 Å². The molecule has 0 aliphatic rings. The molecule has 4 nitrogen and oxygen atoms in total. The van der Waals surface area contributed by atoms with Crippen molar-refractivity contribution in [2.75, 3.05) is 19.1 Å². The summed E-state index contributed by atoms with van der Waals surface area (Å²) >= 11 is -1.83. The standard InChI is InChI=1S/C6H15NO3S/c1-6(2)7-3-4-10-5-11(8)9/h6-7H,3-5H2,1-2H3,(H,8,9). The Morgan fingerprint density at radius 3 is 2.73 bits per heavy atom. The molecule has 0 aliphatic carbocycles. The Labute approximate surface area is 69.6 Å². The molecule has 0 radical (unpaired) electrons. The van der Waals surface area contributed by atoms with E-state index < -0.39 is 11.1 Å². The van der Waals surface area contributed by atoms with Crippen LogP contribution in [-0.2, 0) is 15.8 Å². The van der Waals surface area contributed by atoms with Crippen LogP contribution in [0.2, 0.25) is 0 Å². The van der Waals surface area contributed by atoms with Gasteiger partial charge in [0.05, 0.1) is 6.61 Å². The molecule has 2 N–H and O–H groups in total. The minimum absolute atomic E-state index is 0.0974. The Morgan fingerprint density at radius 1 is 1.64 bits per heavy atom. The normalized spacial score (nSPS) is 13.8. The van der Waals surface area contributed by atoms with Crippen molar-refractivity contribution >= 4 is 11.1 Å². The average Bonchev–Trinajstić information content (AvgIpc) is 1.85. The summed E-state index contributed by atoms with van der Waals surface area (Å²) in [5, 5.41) is 3.11. The van der Waals surface area contributed by atoms with E-state index in [-0.39, 0.29) is 5.94 Å². The van der Waals surface area contributed by atoms with Crippen molar-refractivity contribution in [2.45, 2.75) is 19.9 Å². The smallest absolute Gasteiger partial charge is 0.179 e. The highest BCUT2D eigenvalue weighted by Crippen LogP contribution is 1.79. The lowest BCUT2D eigenvalue weighted by Crippen LogP contribution is -2.27. The number of hydrogen-bond acceptors (Lipinski definition) is 3. The Balaban J connectivity index is 2.97. The molecule has 0 heterocycles. The maximum absolute atomic E-state index is 10.1. The van der Waals surface area contributed by atoms with Gasteiger partial charge in [0.2, 0.25) is 0 Å².